The molecule has 0 spiro atoms. The molecule has 1 heteroatoms. The zero-order valence-electron chi connectivity index (χ0n) is 13.3. The number of hydrogen-bond donors (Lipinski definition) is 0. The molecule has 0 saturated carbocycles. The van der Waals surface area contributed by atoms with Gasteiger partial charge >= 0.3 is 0 Å². The van der Waals surface area contributed by atoms with Crippen molar-refractivity contribution in [2.24, 2.45) is 5.92 Å². The molecule has 0 amide bonds. The van der Waals surface area contributed by atoms with E-state index in [2.05, 4.69) is 43.3 Å². The Morgan fingerprint density at radius 1 is 1.14 bits per heavy atom. The summed E-state index contributed by atoms with van der Waals surface area (Å²) in [6, 6.07) is 14.8. The number of allylic oxidation sites excluding steroid dienone is 2. The molecule has 2 aromatic rings. The molecule has 0 bridgehead atoms. The van der Waals surface area contributed by atoms with Crippen LogP contribution >= 0.6 is 0 Å². The van der Waals surface area contributed by atoms with Crippen LogP contribution in [0, 0.1) is 17.2 Å². The van der Waals surface area contributed by atoms with Gasteiger partial charge in [0, 0.05) is 0 Å². The Bertz CT molecular complexity index is 733. The van der Waals surface area contributed by atoms with Gasteiger partial charge in [-0.3, -0.25) is 0 Å². The third-order valence-corrected chi connectivity index (χ3v) is 4.83. The molecule has 0 aliphatic heterocycles. The van der Waals surface area contributed by atoms with Crippen molar-refractivity contribution in [2.45, 2.75) is 45.4 Å². The summed E-state index contributed by atoms with van der Waals surface area (Å²) in [4.78, 5) is 0. The SMILES string of the molecule is CCCCC1CC=C(c2ccc3cc(C#N)ccc3c2)CC1. The highest BCUT2D eigenvalue weighted by Gasteiger charge is 2.15. The first-order valence-corrected chi connectivity index (χ1v) is 8.43. The van der Waals surface area contributed by atoms with Crippen LogP contribution in [-0.4, -0.2) is 0 Å². The maximum Gasteiger partial charge on any atom is 0.0991 e. The van der Waals surface area contributed by atoms with Crippen molar-refractivity contribution < 1.29 is 0 Å². The Labute approximate surface area is 133 Å². The molecule has 0 radical (unpaired) electrons. The summed E-state index contributed by atoms with van der Waals surface area (Å²) in [6.45, 7) is 2.27. The topological polar surface area (TPSA) is 23.8 Å². The predicted molar refractivity (Wildman–Crippen MR) is 93.5 cm³/mol. The molecule has 0 fully saturated rings. The lowest BCUT2D eigenvalue weighted by Crippen LogP contribution is -2.05. The van der Waals surface area contributed by atoms with Gasteiger partial charge in [0.2, 0.25) is 0 Å². The van der Waals surface area contributed by atoms with Crippen molar-refractivity contribution in [2.75, 3.05) is 0 Å². The van der Waals surface area contributed by atoms with E-state index in [-0.39, 0.29) is 0 Å². The van der Waals surface area contributed by atoms with Gasteiger partial charge < -0.3 is 0 Å². The monoisotopic (exact) mass is 289 g/mol. The zero-order valence-corrected chi connectivity index (χ0v) is 13.3. The lowest BCUT2D eigenvalue weighted by Gasteiger charge is -2.22. The summed E-state index contributed by atoms with van der Waals surface area (Å²) in [5, 5.41) is 11.4. The molecule has 2 aromatic carbocycles. The van der Waals surface area contributed by atoms with Gasteiger partial charge in [-0.05, 0) is 65.3 Å². The van der Waals surface area contributed by atoms with E-state index in [0.29, 0.717) is 0 Å². The quantitative estimate of drug-likeness (QED) is 0.668. The van der Waals surface area contributed by atoms with Crippen LogP contribution in [0.4, 0.5) is 0 Å². The van der Waals surface area contributed by atoms with Crippen molar-refractivity contribution in [1.82, 2.24) is 0 Å². The van der Waals surface area contributed by atoms with Crippen molar-refractivity contribution >= 4 is 16.3 Å². The Morgan fingerprint density at radius 3 is 2.68 bits per heavy atom. The lowest BCUT2D eigenvalue weighted by atomic mass is 9.83. The molecule has 1 aliphatic carbocycles. The first-order chi connectivity index (χ1) is 10.8. The number of nitrogens with zero attached hydrogens (tertiary/aromatic N) is 1. The molecule has 112 valence electrons. The van der Waals surface area contributed by atoms with Crippen LogP contribution in [-0.2, 0) is 0 Å². The average molecular weight is 289 g/mol. The van der Waals surface area contributed by atoms with Gasteiger partial charge in [0.25, 0.3) is 0 Å². The Hall–Kier alpha value is -2.07. The van der Waals surface area contributed by atoms with Crippen molar-refractivity contribution in [3.05, 3.63) is 53.6 Å². The van der Waals surface area contributed by atoms with Crippen molar-refractivity contribution in [3.8, 4) is 6.07 Å². The highest BCUT2D eigenvalue weighted by Crippen LogP contribution is 2.33. The molecule has 1 atom stereocenters. The van der Waals surface area contributed by atoms with Crippen LogP contribution in [0.2, 0.25) is 0 Å². The van der Waals surface area contributed by atoms with Crippen LogP contribution in [0.5, 0.6) is 0 Å². The van der Waals surface area contributed by atoms with Crippen LogP contribution in [0.15, 0.2) is 42.5 Å². The van der Waals surface area contributed by atoms with Gasteiger partial charge in [0.05, 0.1) is 11.6 Å². The second-order valence-electron chi connectivity index (χ2n) is 6.40. The Balaban J connectivity index is 1.79. The van der Waals surface area contributed by atoms with Crippen LogP contribution in [0.3, 0.4) is 0 Å². The number of unbranched alkanes of at least 4 members (excludes halogenated alkanes) is 1. The van der Waals surface area contributed by atoms with Crippen LogP contribution < -0.4 is 0 Å². The fourth-order valence-corrected chi connectivity index (χ4v) is 3.42. The molecule has 3 rings (SSSR count). The summed E-state index contributed by atoms with van der Waals surface area (Å²) in [6.07, 6.45) is 10.3. The largest absolute Gasteiger partial charge is 0.192 e. The fourth-order valence-electron chi connectivity index (χ4n) is 3.42. The highest BCUT2D eigenvalue weighted by molar-refractivity contribution is 5.87. The molecule has 22 heavy (non-hydrogen) atoms. The second-order valence-corrected chi connectivity index (χ2v) is 6.40. The molecule has 1 unspecified atom stereocenters. The molecule has 0 saturated heterocycles. The molecule has 1 nitrogen and oxygen atoms in total. The van der Waals surface area contributed by atoms with Crippen LogP contribution in [0.1, 0.15) is 56.6 Å². The van der Waals surface area contributed by atoms with Gasteiger partial charge in [0.1, 0.15) is 0 Å². The third kappa shape index (κ3) is 3.22. The maximum absolute atomic E-state index is 8.98. The molecule has 0 aromatic heterocycles. The van der Waals surface area contributed by atoms with Crippen molar-refractivity contribution in [1.29, 1.82) is 5.26 Å². The van der Waals surface area contributed by atoms with Gasteiger partial charge in [-0.1, -0.05) is 50.5 Å². The molecule has 1 aliphatic rings. The molecule has 0 N–H and O–H groups in total. The fraction of sp³-hybridized carbons (Fsp3) is 0.381. The van der Waals surface area contributed by atoms with E-state index in [1.807, 2.05) is 12.1 Å². The summed E-state index contributed by atoms with van der Waals surface area (Å²) < 4.78 is 0. The number of nitriles is 1. The highest BCUT2D eigenvalue weighted by atomic mass is 14.2. The summed E-state index contributed by atoms with van der Waals surface area (Å²) in [5.74, 6) is 0.891. The smallest absolute Gasteiger partial charge is 0.0991 e. The van der Waals surface area contributed by atoms with E-state index in [9.17, 15) is 0 Å². The van der Waals surface area contributed by atoms with Gasteiger partial charge in [-0.25, -0.2) is 0 Å². The Morgan fingerprint density at radius 2 is 1.95 bits per heavy atom. The van der Waals surface area contributed by atoms with Crippen molar-refractivity contribution in [3.63, 3.8) is 0 Å². The lowest BCUT2D eigenvalue weighted by molar-refractivity contribution is 0.434. The predicted octanol–water partition coefficient (Wildman–Crippen LogP) is 6.09. The normalized spacial score (nSPS) is 18.0. The van der Waals surface area contributed by atoms with Crippen LogP contribution in [0.25, 0.3) is 16.3 Å². The van der Waals surface area contributed by atoms with E-state index in [1.54, 1.807) is 0 Å². The minimum Gasteiger partial charge on any atom is -0.192 e. The first kappa shape index (κ1) is 14.9. The molecular weight excluding hydrogens is 266 g/mol. The number of fused-ring (bicyclic) bond motifs is 1. The standard InChI is InChI=1S/C21H23N/c1-2-3-4-16-5-8-18(9-6-16)20-12-11-19-13-17(15-22)7-10-21(19)14-20/h7-8,10-14,16H,2-6,9H2,1H3. The van der Waals surface area contributed by atoms with Gasteiger partial charge in [-0.15, -0.1) is 0 Å². The Kier molecular flexibility index (Phi) is 4.59. The minimum atomic E-state index is 0.732. The van der Waals surface area contributed by atoms with Gasteiger partial charge in [-0.2, -0.15) is 5.26 Å². The van der Waals surface area contributed by atoms with E-state index >= 15 is 0 Å². The zero-order chi connectivity index (χ0) is 15.4. The minimum absolute atomic E-state index is 0.732. The average Bonchev–Trinajstić information content (AvgIpc) is 2.59. The second kappa shape index (κ2) is 6.79. The summed E-state index contributed by atoms with van der Waals surface area (Å²) in [5.41, 5.74) is 3.58. The summed E-state index contributed by atoms with van der Waals surface area (Å²) in [7, 11) is 0. The van der Waals surface area contributed by atoms with E-state index in [4.69, 9.17) is 5.26 Å². The number of hydrogen-bond acceptors (Lipinski definition) is 1. The van der Waals surface area contributed by atoms with E-state index in [0.717, 1.165) is 16.9 Å². The van der Waals surface area contributed by atoms with E-state index in [1.165, 1.54) is 55.0 Å². The third-order valence-electron chi connectivity index (χ3n) is 4.83. The number of benzene rings is 2. The van der Waals surface area contributed by atoms with Gasteiger partial charge in [0.15, 0.2) is 0 Å². The first-order valence-electron chi connectivity index (χ1n) is 8.43. The molecule has 0 heterocycles. The van der Waals surface area contributed by atoms with E-state index < -0.39 is 0 Å². The number of rotatable bonds is 4. The molecular formula is C21H23N. The maximum atomic E-state index is 8.98. The summed E-state index contributed by atoms with van der Waals surface area (Å²) >= 11 is 0.